The highest BCUT2D eigenvalue weighted by atomic mass is 35.5. The highest BCUT2D eigenvalue weighted by Crippen LogP contribution is 2.19. The van der Waals surface area contributed by atoms with E-state index in [1.807, 2.05) is 0 Å². The smallest absolute Gasteiger partial charge is 0.226 e. The van der Waals surface area contributed by atoms with Crippen molar-refractivity contribution in [1.29, 1.82) is 0 Å². The second-order valence-corrected chi connectivity index (χ2v) is 4.41. The molecule has 0 fully saturated rings. The topological polar surface area (TPSA) is 66.5 Å². The molecule has 0 aliphatic heterocycles. The Labute approximate surface area is 117 Å². The number of imidazole rings is 1. The molecule has 0 saturated heterocycles. The first kappa shape index (κ1) is 12.7. The number of aromatic nitrogens is 4. The largest absolute Gasteiger partial charge is 0.364 e. The van der Waals surface area contributed by atoms with Gasteiger partial charge >= 0.3 is 0 Å². The molecule has 3 aromatic rings. The molecule has 0 aliphatic rings. The zero-order valence-corrected chi connectivity index (χ0v) is 10.7. The van der Waals surface area contributed by atoms with Crippen molar-refractivity contribution in [1.82, 2.24) is 19.9 Å². The minimum atomic E-state index is -0.630. The molecule has 0 saturated carbocycles. The lowest BCUT2D eigenvalue weighted by Crippen LogP contribution is -2.04. The Kier molecular flexibility index (Phi) is 3.19. The summed E-state index contributed by atoms with van der Waals surface area (Å²) in [6, 6.07) is 3.30. The number of hydrogen-bond acceptors (Lipinski definition) is 4. The molecule has 0 atom stereocenters. The van der Waals surface area contributed by atoms with Crippen molar-refractivity contribution in [3.05, 3.63) is 47.0 Å². The third-order valence-electron chi connectivity index (χ3n) is 2.64. The summed E-state index contributed by atoms with van der Waals surface area (Å²) in [7, 11) is 0. The molecule has 0 bridgehead atoms. The van der Waals surface area contributed by atoms with E-state index in [0.29, 0.717) is 22.5 Å². The Hall–Kier alpha value is -2.28. The van der Waals surface area contributed by atoms with Gasteiger partial charge in [-0.25, -0.2) is 13.8 Å². The van der Waals surface area contributed by atoms with Gasteiger partial charge in [-0.15, -0.1) is 0 Å². The van der Waals surface area contributed by atoms with Crippen LogP contribution in [-0.4, -0.2) is 19.9 Å². The van der Waals surface area contributed by atoms with Crippen molar-refractivity contribution in [2.24, 2.45) is 0 Å². The van der Waals surface area contributed by atoms with Crippen LogP contribution >= 0.6 is 11.6 Å². The highest BCUT2D eigenvalue weighted by molar-refractivity contribution is 6.28. The second-order valence-electron chi connectivity index (χ2n) is 4.07. The summed E-state index contributed by atoms with van der Waals surface area (Å²) < 4.78 is 26.2. The normalized spacial score (nSPS) is 10.9. The SMILES string of the molecule is Fc1cc(F)cc(CNc2nc(Cl)nc3nc[nH]c23)c1. The van der Waals surface area contributed by atoms with E-state index in [4.69, 9.17) is 11.6 Å². The molecule has 2 aromatic heterocycles. The maximum Gasteiger partial charge on any atom is 0.226 e. The van der Waals surface area contributed by atoms with Crippen LogP contribution in [0, 0.1) is 11.6 Å². The van der Waals surface area contributed by atoms with Gasteiger partial charge in [0.25, 0.3) is 0 Å². The number of H-pyrrole nitrogens is 1. The van der Waals surface area contributed by atoms with Gasteiger partial charge in [0.15, 0.2) is 11.5 Å². The number of hydrogen-bond donors (Lipinski definition) is 2. The molecule has 0 amide bonds. The van der Waals surface area contributed by atoms with Crippen molar-refractivity contribution in [2.75, 3.05) is 5.32 Å². The number of fused-ring (bicyclic) bond motifs is 1. The molecular formula is C12H8ClF2N5. The summed E-state index contributed by atoms with van der Waals surface area (Å²) in [5.41, 5.74) is 1.44. The lowest BCUT2D eigenvalue weighted by Gasteiger charge is -2.07. The number of aromatic amines is 1. The van der Waals surface area contributed by atoms with Crippen LogP contribution in [0.4, 0.5) is 14.6 Å². The third kappa shape index (κ3) is 2.53. The Morgan fingerprint density at radius 3 is 2.65 bits per heavy atom. The highest BCUT2D eigenvalue weighted by Gasteiger charge is 2.09. The zero-order chi connectivity index (χ0) is 14.1. The van der Waals surface area contributed by atoms with Gasteiger partial charge in [0, 0.05) is 12.6 Å². The first-order valence-corrected chi connectivity index (χ1v) is 6.05. The monoisotopic (exact) mass is 295 g/mol. The van der Waals surface area contributed by atoms with Crippen molar-refractivity contribution < 1.29 is 8.78 Å². The molecule has 0 spiro atoms. The molecule has 1 aromatic carbocycles. The van der Waals surface area contributed by atoms with Crippen LogP contribution in [0.15, 0.2) is 24.5 Å². The predicted octanol–water partition coefficient (Wildman–Crippen LogP) is 2.90. The first-order chi connectivity index (χ1) is 9.61. The molecule has 8 heteroatoms. The third-order valence-corrected chi connectivity index (χ3v) is 2.81. The lowest BCUT2D eigenvalue weighted by molar-refractivity contribution is 0.580. The van der Waals surface area contributed by atoms with Crippen molar-refractivity contribution in [2.45, 2.75) is 6.54 Å². The first-order valence-electron chi connectivity index (χ1n) is 5.67. The summed E-state index contributed by atoms with van der Waals surface area (Å²) in [5.74, 6) is -0.842. The van der Waals surface area contributed by atoms with Crippen LogP contribution in [0.2, 0.25) is 5.28 Å². The fourth-order valence-corrected chi connectivity index (χ4v) is 2.00. The Bertz CT molecular complexity index is 753. The summed E-state index contributed by atoms with van der Waals surface area (Å²) in [6.07, 6.45) is 1.46. The fraction of sp³-hybridized carbons (Fsp3) is 0.0833. The van der Waals surface area contributed by atoms with Gasteiger partial charge in [-0.2, -0.15) is 9.97 Å². The number of nitrogens with zero attached hydrogens (tertiary/aromatic N) is 3. The minimum absolute atomic E-state index is 0.0394. The van der Waals surface area contributed by atoms with Crippen LogP contribution in [0.25, 0.3) is 11.2 Å². The Morgan fingerprint density at radius 2 is 1.90 bits per heavy atom. The molecule has 20 heavy (non-hydrogen) atoms. The van der Waals surface area contributed by atoms with Gasteiger partial charge in [0.2, 0.25) is 5.28 Å². The average molecular weight is 296 g/mol. The lowest BCUT2D eigenvalue weighted by atomic mass is 10.2. The van der Waals surface area contributed by atoms with E-state index in [0.717, 1.165) is 6.07 Å². The van der Waals surface area contributed by atoms with Gasteiger partial charge in [-0.1, -0.05) is 0 Å². The molecule has 0 aliphatic carbocycles. The van der Waals surface area contributed by atoms with Crippen molar-refractivity contribution in [3.63, 3.8) is 0 Å². The van der Waals surface area contributed by atoms with Crippen molar-refractivity contribution in [3.8, 4) is 0 Å². The quantitative estimate of drug-likeness (QED) is 0.729. The number of halogens is 3. The number of anilines is 1. The van der Waals surface area contributed by atoms with Gasteiger partial charge < -0.3 is 10.3 Å². The van der Waals surface area contributed by atoms with Gasteiger partial charge in [-0.3, -0.25) is 0 Å². The molecule has 0 radical (unpaired) electrons. The molecule has 102 valence electrons. The van der Waals surface area contributed by atoms with E-state index in [1.165, 1.54) is 18.5 Å². The second kappa shape index (κ2) is 5.01. The van der Waals surface area contributed by atoms with Crippen molar-refractivity contribution >= 4 is 28.6 Å². The number of rotatable bonds is 3. The van der Waals surface area contributed by atoms with Gasteiger partial charge in [0.05, 0.1) is 6.33 Å². The summed E-state index contributed by atoms with van der Waals surface area (Å²) in [5, 5.41) is 2.98. The summed E-state index contributed by atoms with van der Waals surface area (Å²) >= 11 is 5.78. The van der Waals surface area contributed by atoms with E-state index in [2.05, 4.69) is 25.3 Å². The van der Waals surface area contributed by atoms with E-state index in [1.54, 1.807) is 0 Å². The fourth-order valence-electron chi connectivity index (χ4n) is 1.83. The summed E-state index contributed by atoms with van der Waals surface area (Å²) in [6.45, 7) is 0.191. The zero-order valence-electron chi connectivity index (χ0n) is 9.99. The van der Waals surface area contributed by atoms with Crippen LogP contribution in [0.5, 0.6) is 0 Å². The maximum atomic E-state index is 13.1. The van der Waals surface area contributed by atoms with E-state index in [9.17, 15) is 8.78 Å². The molecule has 2 heterocycles. The van der Waals surface area contributed by atoms with Gasteiger partial charge in [-0.05, 0) is 29.3 Å². The predicted molar refractivity (Wildman–Crippen MR) is 70.4 cm³/mol. The van der Waals surface area contributed by atoms with E-state index < -0.39 is 11.6 Å². The van der Waals surface area contributed by atoms with Crippen LogP contribution < -0.4 is 5.32 Å². The maximum absolute atomic E-state index is 13.1. The Morgan fingerprint density at radius 1 is 1.15 bits per heavy atom. The minimum Gasteiger partial charge on any atom is -0.364 e. The Balaban J connectivity index is 1.88. The molecule has 2 N–H and O–H groups in total. The van der Waals surface area contributed by atoms with E-state index >= 15 is 0 Å². The molecule has 0 unspecified atom stereocenters. The van der Waals surface area contributed by atoms with Gasteiger partial charge in [0.1, 0.15) is 17.2 Å². The molecule has 5 nitrogen and oxygen atoms in total. The molecular weight excluding hydrogens is 288 g/mol. The van der Waals surface area contributed by atoms with Crippen LogP contribution in [0.1, 0.15) is 5.56 Å². The standard InChI is InChI=1S/C12H8ClF2N5/c13-12-19-10(9-11(20-12)18-5-17-9)16-4-6-1-7(14)3-8(15)2-6/h1-3,5H,4H2,(H2,16,17,18,19,20). The van der Waals surface area contributed by atoms with Crippen LogP contribution in [-0.2, 0) is 6.54 Å². The number of nitrogens with one attached hydrogen (secondary N) is 2. The average Bonchev–Trinajstić information content (AvgIpc) is 2.82. The number of benzene rings is 1. The van der Waals surface area contributed by atoms with E-state index in [-0.39, 0.29) is 11.8 Å². The van der Waals surface area contributed by atoms with Crippen LogP contribution in [0.3, 0.4) is 0 Å². The molecule has 3 rings (SSSR count). The summed E-state index contributed by atoms with van der Waals surface area (Å²) in [4.78, 5) is 14.8.